The second kappa shape index (κ2) is 6.39. The third kappa shape index (κ3) is 3.83. The second-order valence-corrected chi connectivity index (χ2v) is 5.42. The highest BCUT2D eigenvalue weighted by Crippen LogP contribution is 2.23. The predicted octanol–water partition coefficient (Wildman–Crippen LogP) is 2.91. The fraction of sp³-hybridized carbons (Fsp3) is 0.182. The number of nitrogens with zero attached hydrogens (tertiary/aromatic N) is 2. The van der Waals surface area contributed by atoms with Crippen molar-refractivity contribution in [2.24, 2.45) is 0 Å². The molecule has 2 aromatic rings. The first-order chi connectivity index (χ1) is 9.21. The van der Waals surface area contributed by atoms with Crippen molar-refractivity contribution in [3.63, 3.8) is 0 Å². The minimum Gasteiger partial charge on any atom is -0.497 e. The molecule has 100 valence electrons. The Morgan fingerprint density at radius 1 is 1.26 bits per heavy atom. The molecule has 2 amide bonds. The Balaban J connectivity index is 1.93. The molecule has 0 aliphatic carbocycles. The molecule has 19 heavy (non-hydrogen) atoms. The predicted molar refractivity (Wildman–Crippen MR) is 77.3 cm³/mol. The molecular weight excluding hydrogens is 284 g/mol. The lowest BCUT2D eigenvalue weighted by Crippen LogP contribution is -2.19. The molecule has 1 aromatic heterocycles. The van der Waals surface area contributed by atoms with Crippen molar-refractivity contribution in [3.8, 4) is 5.75 Å². The third-order valence-corrected chi connectivity index (χ3v) is 3.96. The Morgan fingerprint density at radius 2 is 2.00 bits per heavy atom. The number of thioether (sulfide) groups is 1. The van der Waals surface area contributed by atoms with E-state index in [1.165, 1.54) is 23.1 Å². The smallest absolute Gasteiger partial charge is 0.325 e. The van der Waals surface area contributed by atoms with E-state index in [1.807, 2.05) is 6.26 Å². The van der Waals surface area contributed by atoms with Crippen LogP contribution in [-0.4, -0.2) is 29.6 Å². The number of aromatic nitrogens is 2. The van der Waals surface area contributed by atoms with Crippen LogP contribution >= 0.6 is 23.1 Å². The Hall–Kier alpha value is -1.80. The summed E-state index contributed by atoms with van der Waals surface area (Å²) < 4.78 is 5.84. The van der Waals surface area contributed by atoms with Gasteiger partial charge in [0.15, 0.2) is 4.34 Å². The lowest BCUT2D eigenvalue weighted by molar-refractivity contribution is 0.262. The molecule has 2 N–H and O–H groups in total. The Labute approximate surface area is 118 Å². The van der Waals surface area contributed by atoms with Crippen LogP contribution in [0, 0.1) is 0 Å². The summed E-state index contributed by atoms with van der Waals surface area (Å²) in [6.07, 6.45) is 1.90. The molecule has 0 aliphatic heterocycles. The van der Waals surface area contributed by atoms with Crippen molar-refractivity contribution in [1.82, 2.24) is 10.2 Å². The molecule has 1 heterocycles. The Morgan fingerprint density at radius 3 is 2.58 bits per heavy atom. The van der Waals surface area contributed by atoms with E-state index in [0.29, 0.717) is 10.8 Å². The van der Waals surface area contributed by atoms with Gasteiger partial charge in [0, 0.05) is 5.69 Å². The van der Waals surface area contributed by atoms with E-state index in [9.17, 15) is 4.79 Å². The van der Waals surface area contributed by atoms with E-state index < -0.39 is 0 Å². The van der Waals surface area contributed by atoms with Gasteiger partial charge in [0.2, 0.25) is 5.13 Å². The zero-order valence-electron chi connectivity index (χ0n) is 10.3. The molecule has 8 heteroatoms. The first-order valence-electron chi connectivity index (χ1n) is 5.31. The summed E-state index contributed by atoms with van der Waals surface area (Å²) in [5, 5.41) is 13.5. The monoisotopic (exact) mass is 296 g/mol. The van der Waals surface area contributed by atoms with Gasteiger partial charge in [-0.3, -0.25) is 5.32 Å². The van der Waals surface area contributed by atoms with Crippen molar-refractivity contribution < 1.29 is 9.53 Å². The van der Waals surface area contributed by atoms with E-state index in [-0.39, 0.29) is 6.03 Å². The average Bonchev–Trinajstić information content (AvgIpc) is 2.87. The number of rotatable bonds is 4. The number of methoxy groups -OCH3 is 1. The molecule has 2 rings (SSSR count). The topological polar surface area (TPSA) is 76.1 Å². The summed E-state index contributed by atoms with van der Waals surface area (Å²) in [4.78, 5) is 11.7. The van der Waals surface area contributed by atoms with E-state index in [2.05, 4.69) is 20.8 Å². The quantitative estimate of drug-likeness (QED) is 0.670. The van der Waals surface area contributed by atoms with Gasteiger partial charge in [0.05, 0.1) is 7.11 Å². The highest BCUT2D eigenvalue weighted by Gasteiger charge is 2.07. The lowest BCUT2D eigenvalue weighted by atomic mass is 10.3. The lowest BCUT2D eigenvalue weighted by Gasteiger charge is -2.05. The number of hydrogen-bond donors (Lipinski definition) is 2. The number of carbonyl (C=O) groups excluding carboxylic acids is 1. The zero-order valence-corrected chi connectivity index (χ0v) is 12.0. The van der Waals surface area contributed by atoms with Crippen molar-refractivity contribution >= 4 is 39.9 Å². The number of nitrogens with one attached hydrogen (secondary N) is 2. The fourth-order valence-corrected chi connectivity index (χ4v) is 2.44. The van der Waals surface area contributed by atoms with Gasteiger partial charge in [-0.1, -0.05) is 23.1 Å². The first kappa shape index (κ1) is 13.6. The molecule has 0 spiro atoms. The van der Waals surface area contributed by atoms with Crippen LogP contribution in [0.2, 0.25) is 0 Å². The van der Waals surface area contributed by atoms with Gasteiger partial charge in [0.1, 0.15) is 5.75 Å². The number of hydrogen-bond acceptors (Lipinski definition) is 6. The minimum atomic E-state index is -0.353. The fourth-order valence-electron chi connectivity index (χ4n) is 1.28. The van der Waals surface area contributed by atoms with Crippen molar-refractivity contribution in [2.45, 2.75) is 4.34 Å². The normalized spacial score (nSPS) is 10.0. The largest absolute Gasteiger partial charge is 0.497 e. The zero-order chi connectivity index (χ0) is 13.7. The molecule has 0 aliphatic rings. The van der Waals surface area contributed by atoms with E-state index >= 15 is 0 Å². The molecule has 0 bridgehead atoms. The van der Waals surface area contributed by atoms with Crippen LogP contribution in [0.15, 0.2) is 28.6 Å². The maximum Gasteiger partial charge on any atom is 0.325 e. The van der Waals surface area contributed by atoms with E-state index in [0.717, 1.165) is 10.1 Å². The van der Waals surface area contributed by atoms with Gasteiger partial charge < -0.3 is 10.1 Å². The van der Waals surface area contributed by atoms with Crippen molar-refractivity contribution in [3.05, 3.63) is 24.3 Å². The Bertz CT molecular complexity index is 556. The summed E-state index contributed by atoms with van der Waals surface area (Å²) in [7, 11) is 1.59. The molecule has 0 saturated carbocycles. The highest BCUT2D eigenvalue weighted by atomic mass is 32.2. The van der Waals surface area contributed by atoms with Gasteiger partial charge in [-0.15, -0.1) is 10.2 Å². The van der Waals surface area contributed by atoms with Crippen LogP contribution in [0.1, 0.15) is 0 Å². The SMILES string of the molecule is COc1ccc(NC(=O)Nc2nnc(SC)s2)cc1. The molecule has 0 atom stereocenters. The molecule has 0 unspecified atom stereocenters. The summed E-state index contributed by atoms with van der Waals surface area (Å²) in [6.45, 7) is 0. The molecule has 1 aromatic carbocycles. The number of carbonyl (C=O) groups is 1. The third-order valence-electron chi connectivity index (χ3n) is 2.15. The van der Waals surface area contributed by atoms with Crippen molar-refractivity contribution in [1.29, 1.82) is 0 Å². The van der Waals surface area contributed by atoms with Gasteiger partial charge in [-0.2, -0.15) is 0 Å². The minimum absolute atomic E-state index is 0.353. The number of anilines is 2. The maximum atomic E-state index is 11.7. The number of ether oxygens (including phenoxy) is 1. The molecule has 6 nitrogen and oxygen atoms in total. The van der Waals surface area contributed by atoms with Crippen LogP contribution < -0.4 is 15.4 Å². The molecule has 0 fully saturated rings. The van der Waals surface area contributed by atoms with Crippen LogP contribution in [0.3, 0.4) is 0 Å². The average molecular weight is 296 g/mol. The van der Waals surface area contributed by atoms with Crippen molar-refractivity contribution in [2.75, 3.05) is 24.0 Å². The van der Waals surface area contributed by atoms with Gasteiger partial charge >= 0.3 is 6.03 Å². The summed E-state index contributed by atoms with van der Waals surface area (Å²) in [5.74, 6) is 0.736. The first-order valence-corrected chi connectivity index (χ1v) is 7.35. The number of urea groups is 1. The highest BCUT2D eigenvalue weighted by molar-refractivity contribution is 8.00. The summed E-state index contributed by atoms with van der Waals surface area (Å²) in [5.41, 5.74) is 0.674. The standard InChI is InChI=1S/C11H12N4O2S2/c1-17-8-5-3-7(4-6-8)12-9(16)13-10-14-15-11(18-2)19-10/h3-6H,1-2H3,(H2,12,13,14,16). The van der Waals surface area contributed by atoms with Gasteiger partial charge in [0.25, 0.3) is 0 Å². The van der Waals surface area contributed by atoms with Gasteiger partial charge in [-0.05, 0) is 30.5 Å². The van der Waals surface area contributed by atoms with Crippen LogP contribution in [0.25, 0.3) is 0 Å². The number of benzene rings is 1. The van der Waals surface area contributed by atoms with Crippen LogP contribution in [0.4, 0.5) is 15.6 Å². The number of amides is 2. The molecule has 0 radical (unpaired) electrons. The van der Waals surface area contributed by atoms with Crippen LogP contribution in [-0.2, 0) is 0 Å². The van der Waals surface area contributed by atoms with Crippen LogP contribution in [0.5, 0.6) is 5.75 Å². The second-order valence-electron chi connectivity index (χ2n) is 3.38. The molecular formula is C11H12N4O2S2. The van der Waals surface area contributed by atoms with Gasteiger partial charge in [-0.25, -0.2) is 4.79 Å². The summed E-state index contributed by atoms with van der Waals surface area (Å²) in [6, 6.07) is 6.70. The molecule has 0 saturated heterocycles. The maximum absolute atomic E-state index is 11.7. The summed E-state index contributed by atoms with van der Waals surface area (Å²) >= 11 is 2.81. The van der Waals surface area contributed by atoms with E-state index in [4.69, 9.17) is 4.74 Å². The van der Waals surface area contributed by atoms with E-state index in [1.54, 1.807) is 31.4 Å². The Kier molecular flexibility index (Phi) is 4.58.